The van der Waals surface area contributed by atoms with E-state index >= 15 is 0 Å². The van der Waals surface area contributed by atoms with E-state index in [9.17, 15) is 9.90 Å². The van der Waals surface area contributed by atoms with Crippen LogP contribution < -0.4 is 5.73 Å². The Bertz CT molecular complexity index is 223. The normalized spacial score (nSPS) is 26.5. The van der Waals surface area contributed by atoms with Crippen LogP contribution in [0.2, 0.25) is 0 Å². The number of likely N-dealkylation sites (tertiary alicyclic amines) is 1. The van der Waals surface area contributed by atoms with Gasteiger partial charge in [-0.15, -0.1) is 0 Å². The summed E-state index contributed by atoms with van der Waals surface area (Å²) in [6.45, 7) is 5.99. The molecule has 1 rings (SSSR count). The van der Waals surface area contributed by atoms with Gasteiger partial charge in [0.25, 0.3) is 0 Å². The van der Waals surface area contributed by atoms with Crippen molar-refractivity contribution in [1.82, 2.24) is 4.90 Å². The number of aliphatic hydroxyl groups is 1. The second-order valence-corrected chi connectivity index (χ2v) is 4.61. The molecule has 1 aliphatic rings. The summed E-state index contributed by atoms with van der Waals surface area (Å²) in [6.07, 6.45) is 1.68. The third-order valence-corrected chi connectivity index (χ3v) is 3.00. The first-order valence-corrected chi connectivity index (χ1v) is 5.12. The second-order valence-electron chi connectivity index (χ2n) is 4.61. The van der Waals surface area contributed by atoms with Crippen molar-refractivity contribution in [2.75, 3.05) is 6.54 Å². The second kappa shape index (κ2) is 3.87. The molecule has 0 radical (unpaired) electrons. The van der Waals surface area contributed by atoms with Gasteiger partial charge in [-0.05, 0) is 33.6 Å². The molecule has 14 heavy (non-hydrogen) atoms. The van der Waals surface area contributed by atoms with E-state index in [4.69, 9.17) is 5.73 Å². The Kier molecular flexibility index (Phi) is 3.17. The molecule has 1 saturated heterocycles. The molecule has 0 aromatic carbocycles. The zero-order chi connectivity index (χ0) is 10.9. The van der Waals surface area contributed by atoms with Crippen LogP contribution in [0.5, 0.6) is 0 Å². The molecule has 0 aliphatic carbocycles. The Labute approximate surface area is 85.1 Å². The molecule has 0 aromatic rings. The molecule has 3 N–H and O–H groups in total. The number of hydrogen-bond acceptors (Lipinski definition) is 3. The minimum Gasteiger partial charge on any atom is -0.388 e. The Hall–Kier alpha value is -0.610. The van der Waals surface area contributed by atoms with Crippen LogP contribution in [0.25, 0.3) is 0 Å². The molecule has 4 nitrogen and oxygen atoms in total. The lowest BCUT2D eigenvalue weighted by atomic mass is 9.95. The van der Waals surface area contributed by atoms with Crippen molar-refractivity contribution in [3.63, 3.8) is 0 Å². The molecule has 2 atom stereocenters. The van der Waals surface area contributed by atoms with Gasteiger partial charge in [-0.3, -0.25) is 4.79 Å². The first-order chi connectivity index (χ1) is 6.34. The number of nitrogens with zero attached hydrogens (tertiary/aromatic N) is 1. The largest absolute Gasteiger partial charge is 0.388 e. The van der Waals surface area contributed by atoms with E-state index in [1.165, 1.54) is 0 Å². The topological polar surface area (TPSA) is 66.6 Å². The number of carbonyl (C=O) groups excluding carboxylic acids is 1. The Morgan fingerprint density at radius 1 is 1.64 bits per heavy atom. The van der Waals surface area contributed by atoms with Gasteiger partial charge >= 0.3 is 0 Å². The van der Waals surface area contributed by atoms with Crippen LogP contribution in [0.3, 0.4) is 0 Å². The molecule has 0 spiro atoms. The highest BCUT2D eigenvalue weighted by molar-refractivity contribution is 5.82. The zero-order valence-electron chi connectivity index (χ0n) is 9.16. The van der Waals surface area contributed by atoms with Crippen molar-refractivity contribution in [2.24, 2.45) is 5.73 Å². The predicted octanol–water partition coefficient (Wildman–Crippen LogP) is 0.0955. The monoisotopic (exact) mass is 200 g/mol. The first kappa shape index (κ1) is 11.5. The number of carbonyl (C=O) groups is 1. The van der Waals surface area contributed by atoms with Crippen LogP contribution in [0.15, 0.2) is 0 Å². The molecular formula is C10H20N2O2. The molecule has 0 saturated carbocycles. The van der Waals surface area contributed by atoms with Crippen molar-refractivity contribution >= 4 is 5.91 Å². The molecule has 0 bridgehead atoms. The summed E-state index contributed by atoms with van der Waals surface area (Å²) in [5.41, 5.74) is 4.81. The van der Waals surface area contributed by atoms with Crippen molar-refractivity contribution in [3.05, 3.63) is 0 Å². The van der Waals surface area contributed by atoms with E-state index in [1.54, 1.807) is 18.7 Å². The standard InChI is InChI=1S/C10H20N2O2/c1-7(10(2,3)14)12-6-4-5-8(11)9(12)13/h7-8,14H,4-6,11H2,1-3H3. The van der Waals surface area contributed by atoms with E-state index in [-0.39, 0.29) is 18.0 Å². The molecule has 1 fully saturated rings. The molecule has 1 heterocycles. The summed E-state index contributed by atoms with van der Waals surface area (Å²) < 4.78 is 0. The molecule has 1 aliphatic heterocycles. The van der Waals surface area contributed by atoms with E-state index in [0.717, 1.165) is 12.8 Å². The molecule has 4 heteroatoms. The van der Waals surface area contributed by atoms with Gasteiger partial charge in [-0.2, -0.15) is 0 Å². The fourth-order valence-corrected chi connectivity index (χ4v) is 1.69. The molecule has 0 aromatic heterocycles. The van der Waals surface area contributed by atoms with Gasteiger partial charge < -0.3 is 15.7 Å². The van der Waals surface area contributed by atoms with E-state index < -0.39 is 5.60 Å². The smallest absolute Gasteiger partial charge is 0.239 e. The van der Waals surface area contributed by atoms with Crippen LogP contribution in [0.1, 0.15) is 33.6 Å². The Balaban J connectivity index is 2.72. The third-order valence-electron chi connectivity index (χ3n) is 3.00. The Morgan fingerprint density at radius 3 is 2.71 bits per heavy atom. The number of nitrogens with two attached hydrogens (primary N) is 1. The van der Waals surface area contributed by atoms with E-state index in [2.05, 4.69) is 0 Å². The quantitative estimate of drug-likeness (QED) is 0.664. The highest BCUT2D eigenvalue weighted by Crippen LogP contribution is 2.20. The minimum absolute atomic E-state index is 0.0362. The first-order valence-electron chi connectivity index (χ1n) is 5.12. The van der Waals surface area contributed by atoms with Gasteiger partial charge in [0.1, 0.15) is 0 Å². The van der Waals surface area contributed by atoms with Gasteiger partial charge in [-0.1, -0.05) is 0 Å². The maximum absolute atomic E-state index is 11.7. The summed E-state index contributed by atoms with van der Waals surface area (Å²) in [7, 11) is 0. The van der Waals surface area contributed by atoms with Crippen LogP contribution >= 0.6 is 0 Å². The summed E-state index contributed by atoms with van der Waals surface area (Å²) in [5, 5.41) is 9.81. The molecule has 2 unspecified atom stereocenters. The van der Waals surface area contributed by atoms with Crippen LogP contribution in [0, 0.1) is 0 Å². The number of rotatable bonds is 2. The van der Waals surface area contributed by atoms with E-state index in [1.807, 2.05) is 6.92 Å². The van der Waals surface area contributed by atoms with Gasteiger partial charge in [-0.25, -0.2) is 0 Å². The fourth-order valence-electron chi connectivity index (χ4n) is 1.69. The fraction of sp³-hybridized carbons (Fsp3) is 0.900. The lowest BCUT2D eigenvalue weighted by Crippen LogP contribution is -2.57. The van der Waals surface area contributed by atoms with Crippen molar-refractivity contribution in [3.8, 4) is 0 Å². The van der Waals surface area contributed by atoms with Crippen LogP contribution in [-0.2, 0) is 4.79 Å². The summed E-state index contributed by atoms with van der Waals surface area (Å²) in [6, 6.07) is -0.560. The average molecular weight is 200 g/mol. The van der Waals surface area contributed by atoms with Gasteiger partial charge in [0.2, 0.25) is 5.91 Å². The SMILES string of the molecule is CC(N1CCCC(N)C1=O)C(C)(C)O. The predicted molar refractivity (Wildman–Crippen MR) is 54.7 cm³/mol. The van der Waals surface area contributed by atoms with Gasteiger partial charge in [0.15, 0.2) is 0 Å². The molecule has 1 amide bonds. The maximum Gasteiger partial charge on any atom is 0.239 e. The summed E-state index contributed by atoms with van der Waals surface area (Å²) in [5.74, 6) is -0.0362. The third kappa shape index (κ3) is 2.25. The van der Waals surface area contributed by atoms with Gasteiger partial charge in [0.05, 0.1) is 17.7 Å². The highest BCUT2D eigenvalue weighted by atomic mass is 16.3. The van der Waals surface area contributed by atoms with E-state index in [0.29, 0.717) is 6.54 Å². The van der Waals surface area contributed by atoms with Crippen molar-refractivity contribution in [2.45, 2.75) is 51.3 Å². The highest BCUT2D eigenvalue weighted by Gasteiger charge is 2.35. The lowest BCUT2D eigenvalue weighted by Gasteiger charge is -2.40. The van der Waals surface area contributed by atoms with Gasteiger partial charge in [0, 0.05) is 6.54 Å². The summed E-state index contributed by atoms with van der Waals surface area (Å²) >= 11 is 0. The number of amides is 1. The van der Waals surface area contributed by atoms with Crippen LogP contribution in [0.4, 0.5) is 0 Å². The minimum atomic E-state index is -0.868. The number of piperidine rings is 1. The zero-order valence-corrected chi connectivity index (χ0v) is 9.16. The Morgan fingerprint density at radius 2 is 2.21 bits per heavy atom. The lowest BCUT2D eigenvalue weighted by molar-refractivity contribution is -0.142. The number of hydrogen-bond donors (Lipinski definition) is 2. The summed E-state index contributed by atoms with van der Waals surface area (Å²) in [4.78, 5) is 13.4. The molecule has 82 valence electrons. The van der Waals surface area contributed by atoms with Crippen molar-refractivity contribution < 1.29 is 9.90 Å². The maximum atomic E-state index is 11.7. The average Bonchev–Trinajstić information content (AvgIpc) is 2.07. The molecular weight excluding hydrogens is 180 g/mol. The van der Waals surface area contributed by atoms with Crippen LogP contribution in [-0.4, -0.2) is 40.1 Å². The van der Waals surface area contributed by atoms with Crippen molar-refractivity contribution in [1.29, 1.82) is 0 Å².